The predicted molar refractivity (Wildman–Crippen MR) is 144 cm³/mol. The number of hydrogen-bond acceptors (Lipinski definition) is 3. The van der Waals surface area contributed by atoms with E-state index in [1.807, 2.05) is 36.1 Å². The van der Waals surface area contributed by atoms with Crippen molar-refractivity contribution in [2.24, 2.45) is 0 Å². The molecule has 0 bridgehead atoms. The second kappa shape index (κ2) is 13.4. The van der Waals surface area contributed by atoms with Gasteiger partial charge in [-0.05, 0) is 55.6 Å². The quantitative estimate of drug-likeness (QED) is 0.306. The highest BCUT2D eigenvalue weighted by Crippen LogP contribution is 2.27. The number of benzene rings is 2. The minimum Gasteiger partial charge on any atom is -0.326 e. The molecule has 1 aliphatic heterocycles. The summed E-state index contributed by atoms with van der Waals surface area (Å²) in [6, 6.07) is 12.5. The van der Waals surface area contributed by atoms with Crippen LogP contribution in [0, 0.1) is 12.3 Å². The van der Waals surface area contributed by atoms with Gasteiger partial charge in [0.25, 0.3) is 0 Å². The SMILES string of the molecule is C#CCCCN1CCC(N(Cc2ccccc2NC(=O)CC)C(=O)Nc2ccc(Cl)c(Cl)c2)CC1. The second-order valence-corrected chi connectivity index (χ2v) is 9.44. The van der Waals surface area contributed by atoms with Gasteiger partial charge in [0.1, 0.15) is 0 Å². The molecular weight excluding hydrogens is 483 g/mol. The van der Waals surface area contributed by atoms with E-state index in [-0.39, 0.29) is 18.0 Å². The van der Waals surface area contributed by atoms with E-state index in [1.54, 1.807) is 18.2 Å². The van der Waals surface area contributed by atoms with Gasteiger partial charge in [-0.2, -0.15) is 0 Å². The van der Waals surface area contributed by atoms with E-state index >= 15 is 0 Å². The average Bonchev–Trinajstić information content (AvgIpc) is 2.86. The first-order valence-corrected chi connectivity index (χ1v) is 12.7. The second-order valence-electron chi connectivity index (χ2n) is 8.63. The predicted octanol–water partition coefficient (Wildman–Crippen LogP) is 6.25. The number of halogens is 2. The van der Waals surface area contributed by atoms with Crippen LogP contribution < -0.4 is 10.6 Å². The fourth-order valence-electron chi connectivity index (χ4n) is 4.20. The van der Waals surface area contributed by atoms with Crippen LogP contribution in [0.15, 0.2) is 42.5 Å². The molecule has 0 aliphatic carbocycles. The number of carbonyl (C=O) groups is 2. The van der Waals surface area contributed by atoms with Crippen molar-refractivity contribution in [1.29, 1.82) is 0 Å². The van der Waals surface area contributed by atoms with Gasteiger partial charge < -0.3 is 20.4 Å². The Balaban J connectivity index is 1.78. The van der Waals surface area contributed by atoms with Crippen molar-refractivity contribution in [2.45, 2.75) is 51.6 Å². The molecule has 1 fully saturated rings. The molecule has 6 nitrogen and oxygen atoms in total. The summed E-state index contributed by atoms with van der Waals surface area (Å²) >= 11 is 12.2. The van der Waals surface area contributed by atoms with E-state index in [4.69, 9.17) is 29.6 Å². The molecule has 1 aliphatic rings. The molecule has 0 aromatic heterocycles. The topological polar surface area (TPSA) is 64.7 Å². The Bertz CT molecular complexity index is 1060. The molecule has 0 spiro atoms. The lowest BCUT2D eigenvalue weighted by molar-refractivity contribution is -0.115. The third-order valence-corrected chi connectivity index (χ3v) is 6.92. The van der Waals surface area contributed by atoms with Crippen LogP contribution in [-0.2, 0) is 11.3 Å². The lowest BCUT2D eigenvalue weighted by Gasteiger charge is -2.39. The first kappa shape index (κ1) is 26.9. The zero-order valence-corrected chi connectivity index (χ0v) is 21.5. The normalized spacial score (nSPS) is 14.2. The molecular formula is C27H32Cl2N4O2. The van der Waals surface area contributed by atoms with Gasteiger partial charge >= 0.3 is 6.03 Å². The van der Waals surface area contributed by atoms with E-state index in [1.165, 1.54) is 0 Å². The minimum absolute atomic E-state index is 0.0524. The maximum Gasteiger partial charge on any atom is 0.322 e. The van der Waals surface area contributed by atoms with Gasteiger partial charge in [0.05, 0.1) is 10.0 Å². The van der Waals surface area contributed by atoms with Gasteiger partial charge in [0.2, 0.25) is 5.91 Å². The summed E-state index contributed by atoms with van der Waals surface area (Å²) in [4.78, 5) is 29.8. The third kappa shape index (κ3) is 7.90. The van der Waals surface area contributed by atoms with Gasteiger partial charge in [0, 0.05) is 49.9 Å². The number of anilines is 2. The maximum absolute atomic E-state index is 13.5. The maximum atomic E-state index is 13.5. The number of hydrogen-bond donors (Lipinski definition) is 2. The molecule has 2 aromatic carbocycles. The molecule has 3 rings (SSSR count). The van der Waals surface area contributed by atoms with Gasteiger partial charge in [0.15, 0.2) is 0 Å². The molecule has 0 radical (unpaired) electrons. The number of unbranched alkanes of at least 4 members (excludes halogenated alkanes) is 1. The Kier molecular flexibility index (Phi) is 10.3. The molecule has 1 saturated heterocycles. The third-order valence-electron chi connectivity index (χ3n) is 6.18. The molecule has 2 N–H and O–H groups in total. The summed E-state index contributed by atoms with van der Waals surface area (Å²) in [5.41, 5.74) is 2.18. The van der Waals surface area contributed by atoms with E-state index in [9.17, 15) is 9.59 Å². The highest BCUT2D eigenvalue weighted by Gasteiger charge is 2.29. The first-order valence-electron chi connectivity index (χ1n) is 12.0. The number of likely N-dealkylation sites (tertiary alicyclic amines) is 1. The van der Waals surface area contributed by atoms with Gasteiger partial charge in [-0.3, -0.25) is 4.79 Å². The van der Waals surface area contributed by atoms with Crippen molar-refractivity contribution in [2.75, 3.05) is 30.3 Å². The van der Waals surface area contributed by atoms with Crippen molar-refractivity contribution in [3.63, 3.8) is 0 Å². The van der Waals surface area contributed by atoms with Crippen molar-refractivity contribution in [1.82, 2.24) is 9.80 Å². The lowest BCUT2D eigenvalue weighted by Crippen LogP contribution is -2.48. The molecule has 8 heteroatoms. The van der Waals surface area contributed by atoms with E-state index in [0.29, 0.717) is 28.7 Å². The van der Waals surface area contributed by atoms with Crippen LogP contribution in [0.5, 0.6) is 0 Å². The summed E-state index contributed by atoms with van der Waals surface area (Å²) < 4.78 is 0. The molecule has 0 unspecified atom stereocenters. The Morgan fingerprint density at radius 1 is 1.11 bits per heavy atom. The zero-order chi connectivity index (χ0) is 25.2. The Hall–Kier alpha value is -2.72. The molecule has 186 valence electrons. The van der Waals surface area contributed by atoms with Crippen LogP contribution in [0.25, 0.3) is 0 Å². The number of urea groups is 1. The largest absolute Gasteiger partial charge is 0.326 e. The Morgan fingerprint density at radius 2 is 1.86 bits per heavy atom. The highest BCUT2D eigenvalue weighted by molar-refractivity contribution is 6.42. The first-order chi connectivity index (χ1) is 16.9. The van der Waals surface area contributed by atoms with Crippen LogP contribution in [-0.4, -0.2) is 47.4 Å². The number of rotatable bonds is 9. The number of para-hydroxylation sites is 1. The number of piperidine rings is 1. The summed E-state index contributed by atoms with van der Waals surface area (Å²) in [5, 5.41) is 6.73. The van der Waals surface area contributed by atoms with Crippen molar-refractivity contribution in [3.8, 4) is 12.3 Å². The van der Waals surface area contributed by atoms with Crippen molar-refractivity contribution < 1.29 is 9.59 Å². The van der Waals surface area contributed by atoms with Crippen LogP contribution >= 0.6 is 23.2 Å². The van der Waals surface area contributed by atoms with Crippen molar-refractivity contribution in [3.05, 3.63) is 58.1 Å². The van der Waals surface area contributed by atoms with Crippen LogP contribution in [0.2, 0.25) is 10.0 Å². The molecule has 1 heterocycles. The van der Waals surface area contributed by atoms with E-state index in [2.05, 4.69) is 21.5 Å². The minimum atomic E-state index is -0.217. The molecule has 2 aromatic rings. The fraction of sp³-hybridized carbons (Fsp3) is 0.407. The molecule has 3 amide bonds. The van der Waals surface area contributed by atoms with E-state index < -0.39 is 0 Å². The van der Waals surface area contributed by atoms with Crippen LogP contribution in [0.1, 0.15) is 44.6 Å². The van der Waals surface area contributed by atoms with Gasteiger partial charge in [-0.25, -0.2) is 4.79 Å². The monoisotopic (exact) mass is 514 g/mol. The summed E-state index contributed by atoms with van der Waals surface area (Å²) in [5.74, 6) is 2.63. The highest BCUT2D eigenvalue weighted by atomic mass is 35.5. The Morgan fingerprint density at radius 3 is 2.54 bits per heavy atom. The number of nitrogens with zero attached hydrogens (tertiary/aromatic N) is 2. The molecule has 35 heavy (non-hydrogen) atoms. The number of nitrogens with one attached hydrogen (secondary N) is 2. The standard InChI is InChI=1S/C27H32Cl2N4O2/c1-3-5-8-15-32-16-13-22(14-17-32)33(27(35)30-21-11-12-23(28)24(29)18-21)19-20-9-6-7-10-25(20)31-26(34)4-2/h1,6-7,9-12,18,22H,4-5,8,13-17,19H2,2H3,(H,30,35)(H,31,34). The molecule has 0 saturated carbocycles. The zero-order valence-electron chi connectivity index (χ0n) is 20.0. The molecule has 0 atom stereocenters. The summed E-state index contributed by atoms with van der Waals surface area (Å²) in [7, 11) is 0. The van der Waals surface area contributed by atoms with Gasteiger partial charge in [-0.1, -0.05) is 48.3 Å². The van der Waals surface area contributed by atoms with E-state index in [0.717, 1.165) is 56.6 Å². The average molecular weight is 515 g/mol. The summed E-state index contributed by atoms with van der Waals surface area (Å²) in [6.45, 7) is 4.96. The summed E-state index contributed by atoms with van der Waals surface area (Å²) in [6.07, 6.45) is 9.23. The lowest BCUT2D eigenvalue weighted by atomic mass is 10.0. The fourth-order valence-corrected chi connectivity index (χ4v) is 4.50. The number of terminal acetylenes is 1. The number of amides is 3. The van der Waals surface area contributed by atoms with Crippen LogP contribution in [0.4, 0.5) is 16.2 Å². The van der Waals surface area contributed by atoms with Crippen LogP contribution in [0.3, 0.4) is 0 Å². The van der Waals surface area contributed by atoms with Gasteiger partial charge in [-0.15, -0.1) is 12.3 Å². The number of carbonyl (C=O) groups excluding carboxylic acids is 2. The smallest absolute Gasteiger partial charge is 0.322 e. The Labute approximate surface area is 218 Å². The van der Waals surface area contributed by atoms with Crippen molar-refractivity contribution >= 4 is 46.5 Å².